The predicted octanol–water partition coefficient (Wildman–Crippen LogP) is 4.48. The van der Waals surface area contributed by atoms with E-state index in [0.29, 0.717) is 6.42 Å². The van der Waals surface area contributed by atoms with Crippen LogP contribution in [0.25, 0.3) is 0 Å². The quantitative estimate of drug-likeness (QED) is 0.674. The van der Waals surface area contributed by atoms with Crippen molar-refractivity contribution in [3.63, 3.8) is 0 Å². The molecule has 1 fully saturated rings. The van der Waals surface area contributed by atoms with Crippen LogP contribution in [-0.2, 0) is 10.0 Å². The maximum Gasteiger partial charge on any atom is 0.573 e. The van der Waals surface area contributed by atoms with E-state index in [1.54, 1.807) is 0 Å². The van der Waals surface area contributed by atoms with Crippen molar-refractivity contribution in [2.45, 2.75) is 19.7 Å². The number of halogens is 5. The third-order valence-electron chi connectivity index (χ3n) is 4.32. The molecular formula is C18H15ClF4N2O4S. The molecule has 0 saturated carbocycles. The summed E-state index contributed by atoms with van der Waals surface area (Å²) in [6.45, 7) is 1.47. The fourth-order valence-electron chi connectivity index (χ4n) is 3.00. The van der Waals surface area contributed by atoms with Gasteiger partial charge in [0.1, 0.15) is 11.6 Å². The van der Waals surface area contributed by atoms with Gasteiger partial charge >= 0.3 is 6.36 Å². The van der Waals surface area contributed by atoms with Crippen LogP contribution in [0.1, 0.15) is 22.3 Å². The van der Waals surface area contributed by atoms with Crippen LogP contribution in [0, 0.1) is 12.7 Å². The molecule has 0 spiro atoms. The largest absolute Gasteiger partial charge is 0.573 e. The average Bonchev–Trinajstić information content (AvgIpc) is 2.94. The van der Waals surface area contributed by atoms with Crippen molar-refractivity contribution >= 4 is 38.9 Å². The molecule has 0 atom stereocenters. The molecule has 0 aromatic heterocycles. The van der Waals surface area contributed by atoms with Gasteiger partial charge in [0.15, 0.2) is 0 Å². The zero-order valence-corrected chi connectivity index (χ0v) is 17.0. The first-order valence-corrected chi connectivity index (χ1v) is 10.5. The summed E-state index contributed by atoms with van der Waals surface area (Å²) in [6.07, 6.45) is -4.59. The van der Waals surface area contributed by atoms with Crippen molar-refractivity contribution in [3.8, 4) is 5.75 Å². The molecule has 6 nitrogen and oxygen atoms in total. The minimum absolute atomic E-state index is 0.00654. The van der Waals surface area contributed by atoms with E-state index in [1.165, 1.54) is 19.1 Å². The van der Waals surface area contributed by atoms with Crippen LogP contribution < -0.4 is 14.4 Å². The lowest BCUT2D eigenvalue weighted by Crippen LogP contribution is -2.26. The highest BCUT2D eigenvalue weighted by Gasteiger charge is 2.32. The lowest BCUT2D eigenvalue weighted by atomic mass is 10.1. The van der Waals surface area contributed by atoms with E-state index >= 15 is 0 Å². The third-order valence-corrected chi connectivity index (χ3v) is 6.41. The molecule has 1 aliphatic rings. The number of benzene rings is 2. The smallest absolute Gasteiger partial charge is 0.406 e. The van der Waals surface area contributed by atoms with E-state index in [-0.39, 0.29) is 39.8 Å². The van der Waals surface area contributed by atoms with Crippen molar-refractivity contribution in [1.82, 2.24) is 0 Å². The first-order chi connectivity index (χ1) is 13.9. The van der Waals surface area contributed by atoms with Gasteiger partial charge in [-0.25, -0.2) is 12.8 Å². The Labute approximate surface area is 174 Å². The van der Waals surface area contributed by atoms with Crippen LogP contribution in [0.3, 0.4) is 0 Å². The number of carbonyl (C=O) groups excluding carboxylic acids is 1. The second-order valence-electron chi connectivity index (χ2n) is 6.52. The maximum atomic E-state index is 14.4. The molecule has 2 aromatic carbocycles. The minimum atomic E-state index is -4.96. The maximum absolute atomic E-state index is 14.4. The van der Waals surface area contributed by atoms with Crippen molar-refractivity contribution < 1.29 is 35.5 Å². The molecule has 30 heavy (non-hydrogen) atoms. The number of amides is 1. The van der Waals surface area contributed by atoms with Gasteiger partial charge in [-0.1, -0.05) is 11.6 Å². The fourth-order valence-corrected chi connectivity index (χ4v) is 4.77. The minimum Gasteiger partial charge on any atom is -0.406 e. The van der Waals surface area contributed by atoms with E-state index < -0.39 is 33.9 Å². The summed E-state index contributed by atoms with van der Waals surface area (Å²) < 4.78 is 80.7. The van der Waals surface area contributed by atoms with Gasteiger partial charge in [0.05, 0.1) is 11.4 Å². The molecule has 0 radical (unpaired) electrons. The van der Waals surface area contributed by atoms with E-state index in [0.717, 1.165) is 22.5 Å². The number of alkyl halides is 3. The lowest BCUT2D eigenvalue weighted by molar-refractivity contribution is -0.274. The standard InChI is InChI=1S/C18H15ClF4N2O4S/c1-10-15(8-13(9-16(10)20)25-3-2-4-30(25,27)28)17(26)24-12-5-11(19)6-14(7-12)29-18(21,22)23/h5-9H,2-4H2,1H3,(H,24,26). The Kier molecular flexibility index (Phi) is 5.87. The topological polar surface area (TPSA) is 75.7 Å². The average molecular weight is 467 g/mol. The number of hydrogen-bond acceptors (Lipinski definition) is 4. The van der Waals surface area contributed by atoms with Crippen molar-refractivity contribution in [3.05, 3.63) is 52.3 Å². The van der Waals surface area contributed by atoms with Gasteiger partial charge in [-0.05, 0) is 43.2 Å². The van der Waals surface area contributed by atoms with Gasteiger partial charge in [-0.3, -0.25) is 9.10 Å². The molecule has 1 amide bonds. The van der Waals surface area contributed by atoms with Crippen LogP contribution >= 0.6 is 11.6 Å². The van der Waals surface area contributed by atoms with Crippen molar-refractivity contribution in [2.24, 2.45) is 0 Å². The summed E-state index contributed by atoms with van der Waals surface area (Å²) in [7, 11) is -3.61. The van der Waals surface area contributed by atoms with Crippen LogP contribution in [-0.4, -0.2) is 33.0 Å². The van der Waals surface area contributed by atoms with E-state index in [4.69, 9.17) is 11.6 Å². The van der Waals surface area contributed by atoms with Gasteiger partial charge in [0.25, 0.3) is 5.91 Å². The molecule has 1 N–H and O–H groups in total. The number of sulfonamides is 1. The molecule has 1 heterocycles. The van der Waals surface area contributed by atoms with Gasteiger partial charge in [0.2, 0.25) is 10.0 Å². The normalized spacial score (nSPS) is 15.9. The molecule has 1 aliphatic heterocycles. The Morgan fingerprint density at radius 2 is 1.90 bits per heavy atom. The van der Waals surface area contributed by atoms with Crippen LogP contribution in [0.4, 0.5) is 28.9 Å². The molecule has 2 aromatic rings. The molecular weight excluding hydrogens is 452 g/mol. The van der Waals surface area contributed by atoms with Gasteiger partial charge in [-0.15, -0.1) is 13.2 Å². The SMILES string of the molecule is Cc1c(F)cc(N2CCCS2(=O)=O)cc1C(=O)Nc1cc(Cl)cc(OC(F)(F)F)c1. The summed E-state index contributed by atoms with van der Waals surface area (Å²) >= 11 is 5.78. The van der Waals surface area contributed by atoms with Crippen LogP contribution in [0.2, 0.25) is 5.02 Å². The second kappa shape index (κ2) is 7.95. The van der Waals surface area contributed by atoms with Crippen molar-refractivity contribution in [2.75, 3.05) is 21.9 Å². The van der Waals surface area contributed by atoms with Gasteiger partial charge in [-0.2, -0.15) is 0 Å². The van der Waals surface area contributed by atoms with Gasteiger partial charge in [0, 0.05) is 28.9 Å². The number of hydrogen-bond donors (Lipinski definition) is 1. The Bertz CT molecular complexity index is 1110. The summed E-state index contributed by atoms with van der Waals surface area (Å²) in [5.74, 6) is -2.39. The van der Waals surface area contributed by atoms with Crippen LogP contribution in [0.15, 0.2) is 30.3 Å². The lowest BCUT2D eigenvalue weighted by Gasteiger charge is -2.19. The Morgan fingerprint density at radius 1 is 1.20 bits per heavy atom. The van der Waals surface area contributed by atoms with Crippen LogP contribution in [0.5, 0.6) is 5.75 Å². The summed E-state index contributed by atoms with van der Waals surface area (Å²) in [4.78, 5) is 12.7. The van der Waals surface area contributed by atoms with E-state index in [1.807, 2.05) is 0 Å². The Hall–Kier alpha value is -2.53. The third kappa shape index (κ3) is 4.96. The van der Waals surface area contributed by atoms with E-state index in [9.17, 15) is 30.8 Å². The first kappa shape index (κ1) is 22.2. The molecule has 1 saturated heterocycles. The Balaban J connectivity index is 1.92. The molecule has 162 valence electrons. The highest BCUT2D eigenvalue weighted by Crippen LogP contribution is 2.31. The molecule has 12 heteroatoms. The molecule has 0 aliphatic carbocycles. The molecule has 0 unspecified atom stereocenters. The summed E-state index contributed by atoms with van der Waals surface area (Å²) in [5.41, 5.74) is -0.356. The highest BCUT2D eigenvalue weighted by atomic mass is 35.5. The zero-order valence-electron chi connectivity index (χ0n) is 15.4. The predicted molar refractivity (Wildman–Crippen MR) is 103 cm³/mol. The van der Waals surface area contributed by atoms with E-state index in [2.05, 4.69) is 10.1 Å². The molecule has 0 bridgehead atoms. The number of ether oxygens (including phenoxy) is 1. The van der Waals surface area contributed by atoms with Crippen molar-refractivity contribution in [1.29, 1.82) is 0 Å². The fraction of sp³-hybridized carbons (Fsp3) is 0.278. The first-order valence-electron chi connectivity index (χ1n) is 8.54. The number of nitrogens with one attached hydrogen (secondary N) is 1. The number of nitrogens with zero attached hydrogens (tertiary/aromatic N) is 1. The highest BCUT2D eigenvalue weighted by molar-refractivity contribution is 7.93. The number of anilines is 2. The zero-order chi connectivity index (χ0) is 22.3. The second-order valence-corrected chi connectivity index (χ2v) is 8.97. The number of carbonyl (C=O) groups is 1. The Morgan fingerprint density at radius 3 is 2.50 bits per heavy atom. The molecule has 3 rings (SSSR count). The summed E-state index contributed by atoms with van der Waals surface area (Å²) in [5, 5.41) is 2.19. The monoisotopic (exact) mass is 466 g/mol. The van der Waals surface area contributed by atoms with Gasteiger partial charge < -0.3 is 10.1 Å². The summed E-state index contributed by atoms with van der Waals surface area (Å²) in [6, 6.07) is 5.23. The number of rotatable bonds is 4.